The molecule has 0 aliphatic heterocycles. The first-order chi connectivity index (χ1) is 11.3. The first-order valence-corrected chi connectivity index (χ1v) is 8.50. The van der Waals surface area contributed by atoms with Gasteiger partial charge in [-0.05, 0) is 36.8 Å². The predicted octanol–water partition coefficient (Wildman–Crippen LogP) is 4.10. The predicted molar refractivity (Wildman–Crippen MR) is 93.2 cm³/mol. The molecule has 0 heterocycles. The van der Waals surface area contributed by atoms with Crippen molar-refractivity contribution in [3.8, 4) is 0 Å². The van der Waals surface area contributed by atoms with Gasteiger partial charge in [-0.3, -0.25) is 4.79 Å². The number of Topliss-reactive ketones (excluding diaryl/α,β-unsaturated/α-hetero) is 1. The molecule has 0 amide bonds. The number of rotatable bonds is 3. The van der Waals surface area contributed by atoms with Crippen molar-refractivity contribution in [3.05, 3.63) is 47.2 Å². The van der Waals surface area contributed by atoms with Crippen LogP contribution in [0.1, 0.15) is 44.7 Å². The maximum Gasteiger partial charge on any atom is 0.339 e. The van der Waals surface area contributed by atoms with Crippen molar-refractivity contribution in [2.24, 2.45) is 16.7 Å². The Balaban J connectivity index is 1.69. The first-order valence-electron chi connectivity index (χ1n) is 8.50. The highest BCUT2D eigenvalue weighted by atomic mass is 16.5. The second kappa shape index (κ2) is 5.75. The standard InChI is InChI=1S/C21H24O3/c1-14-8-10-15(11-9-14)6-5-7-17(22)24-18-16-12-13-21(4,19(18)23)20(16,2)3/h6-11,16,18H,12-13H2,1-4H3. The molecule has 0 spiro atoms. The zero-order valence-corrected chi connectivity index (χ0v) is 14.8. The van der Waals surface area contributed by atoms with Gasteiger partial charge in [0, 0.05) is 11.3 Å². The van der Waals surface area contributed by atoms with Crippen LogP contribution in [0.25, 0.3) is 6.08 Å². The molecule has 3 atom stereocenters. The average molecular weight is 324 g/mol. The zero-order chi connectivity index (χ0) is 17.5. The van der Waals surface area contributed by atoms with Crippen LogP contribution in [0.2, 0.25) is 0 Å². The highest BCUT2D eigenvalue weighted by molar-refractivity contribution is 5.96. The molecule has 2 fully saturated rings. The van der Waals surface area contributed by atoms with Crippen molar-refractivity contribution < 1.29 is 14.3 Å². The van der Waals surface area contributed by atoms with Crippen molar-refractivity contribution in [3.63, 3.8) is 0 Å². The summed E-state index contributed by atoms with van der Waals surface area (Å²) >= 11 is 0. The molecule has 3 unspecified atom stereocenters. The number of aryl methyl sites for hydroxylation is 1. The van der Waals surface area contributed by atoms with Gasteiger partial charge in [-0.1, -0.05) is 50.6 Å². The fourth-order valence-electron chi connectivity index (χ4n) is 4.17. The summed E-state index contributed by atoms with van der Waals surface area (Å²) in [6.45, 7) is 8.26. The Morgan fingerprint density at radius 3 is 2.50 bits per heavy atom. The number of hydrogen-bond acceptors (Lipinski definition) is 3. The van der Waals surface area contributed by atoms with E-state index in [1.165, 1.54) is 11.6 Å². The Kier molecular flexibility index (Phi) is 4.01. The summed E-state index contributed by atoms with van der Waals surface area (Å²) in [5.41, 5.74) is 4.51. The van der Waals surface area contributed by atoms with Gasteiger partial charge in [0.15, 0.2) is 11.9 Å². The molecule has 3 heteroatoms. The minimum absolute atomic E-state index is 0.0769. The molecular formula is C21H24O3. The van der Waals surface area contributed by atoms with Crippen LogP contribution in [0.4, 0.5) is 0 Å². The summed E-state index contributed by atoms with van der Waals surface area (Å²) in [4.78, 5) is 24.7. The van der Waals surface area contributed by atoms with E-state index in [4.69, 9.17) is 4.74 Å². The fourth-order valence-corrected chi connectivity index (χ4v) is 4.17. The van der Waals surface area contributed by atoms with E-state index in [-0.39, 0.29) is 22.5 Å². The van der Waals surface area contributed by atoms with Gasteiger partial charge in [0.2, 0.25) is 0 Å². The second-order valence-corrected chi connectivity index (χ2v) is 7.79. The number of carbonyl (C=O) groups excluding carboxylic acids is 2. The van der Waals surface area contributed by atoms with Crippen molar-refractivity contribution >= 4 is 17.8 Å². The van der Waals surface area contributed by atoms with Crippen LogP contribution < -0.4 is 0 Å². The molecule has 1 aromatic carbocycles. The molecule has 3 nitrogen and oxygen atoms in total. The molecule has 3 rings (SSSR count). The number of benzene rings is 1. The summed E-state index contributed by atoms with van der Waals surface area (Å²) in [6, 6.07) is 7.93. The molecule has 1 aromatic rings. The lowest BCUT2D eigenvalue weighted by Crippen LogP contribution is -2.36. The van der Waals surface area contributed by atoms with E-state index < -0.39 is 12.1 Å². The lowest BCUT2D eigenvalue weighted by atomic mass is 9.70. The minimum atomic E-state index is -0.608. The smallest absolute Gasteiger partial charge is 0.339 e. The Morgan fingerprint density at radius 2 is 1.92 bits per heavy atom. The average Bonchev–Trinajstić information content (AvgIpc) is 2.83. The maximum absolute atomic E-state index is 12.6. The van der Waals surface area contributed by atoms with E-state index in [2.05, 4.69) is 19.6 Å². The molecule has 2 bridgehead atoms. The van der Waals surface area contributed by atoms with Gasteiger partial charge in [-0.15, -0.1) is 5.73 Å². The number of esters is 1. The summed E-state index contributed by atoms with van der Waals surface area (Å²) in [5, 5.41) is 0. The molecule has 2 aliphatic rings. The number of fused-ring (bicyclic) bond motifs is 2. The van der Waals surface area contributed by atoms with Crippen LogP contribution in [-0.4, -0.2) is 17.9 Å². The van der Waals surface area contributed by atoms with Gasteiger partial charge >= 0.3 is 5.97 Å². The van der Waals surface area contributed by atoms with Gasteiger partial charge < -0.3 is 4.74 Å². The lowest BCUT2D eigenvalue weighted by molar-refractivity contribution is -0.154. The van der Waals surface area contributed by atoms with Crippen LogP contribution in [-0.2, 0) is 14.3 Å². The van der Waals surface area contributed by atoms with Crippen LogP contribution in [0.5, 0.6) is 0 Å². The monoisotopic (exact) mass is 324 g/mol. The lowest BCUT2D eigenvalue weighted by Gasteiger charge is -2.31. The van der Waals surface area contributed by atoms with Gasteiger partial charge in [-0.25, -0.2) is 4.79 Å². The Bertz CT molecular complexity index is 735. The maximum atomic E-state index is 12.6. The highest BCUT2D eigenvalue weighted by Gasteiger charge is 2.67. The number of ether oxygens (including phenoxy) is 1. The highest BCUT2D eigenvalue weighted by Crippen LogP contribution is 2.64. The summed E-state index contributed by atoms with van der Waals surface area (Å²) in [6.07, 6.45) is 4.23. The Labute approximate surface area is 143 Å². The van der Waals surface area contributed by atoms with Crippen molar-refractivity contribution in [1.29, 1.82) is 0 Å². The molecule has 0 saturated heterocycles. The second-order valence-electron chi connectivity index (χ2n) is 7.79. The van der Waals surface area contributed by atoms with Crippen LogP contribution in [0, 0.1) is 23.7 Å². The van der Waals surface area contributed by atoms with E-state index in [0.717, 1.165) is 18.4 Å². The molecule has 2 saturated carbocycles. The normalized spacial score (nSPS) is 29.9. The van der Waals surface area contributed by atoms with Gasteiger partial charge in [0.1, 0.15) is 0 Å². The molecule has 0 radical (unpaired) electrons. The van der Waals surface area contributed by atoms with Gasteiger partial charge in [0.25, 0.3) is 0 Å². The SMILES string of the molecule is Cc1ccc(C=C=CC(=O)OC2C(=O)C3(C)CCC2C3(C)C)cc1. The van der Waals surface area contributed by atoms with Crippen molar-refractivity contribution in [1.82, 2.24) is 0 Å². The fraction of sp³-hybridized carbons (Fsp3) is 0.476. The number of hydrogen-bond donors (Lipinski definition) is 0. The largest absolute Gasteiger partial charge is 0.450 e. The summed E-state index contributed by atoms with van der Waals surface area (Å²) in [5.74, 6) is -0.301. The third-order valence-electron chi connectivity index (χ3n) is 6.24. The van der Waals surface area contributed by atoms with E-state index >= 15 is 0 Å². The Hall–Kier alpha value is -2.12. The number of carbonyl (C=O) groups is 2. The molecule has 126 valence electrons. The number of ketones is 1. The molecule has 0 aromatic heterocycles. The molecular weight excluding hydrogens is 300 g/mol. The Morgan fingerprint density at radius 1 is 1.25 bits per heavy atom. The summed E-state index contributed by atoms with van der Waals surface area (Å²) < 4.78 is 5.49. The van der Waals surface area contributed by atoms with E-state index in [1.54, 1.807) is 6.08 Å². The quantitative estimate of drug-likeness (QED) is 0.477. The topological polar surface area (TPSA) is 43.4 Å². The molecule has 24 heavy (non-hydrogen) atoms. The van der Waals surface area contributed by atoms with Crippen LogP contribution >= 0.6 is 0 Å². The van der Waals surface area contributed by atoms with E-state index in [1.807, 2.05) is 38.1 Å². The molecule has 0 N–H and O–H groups in total. The third kappa shape index (κ3) is 2.53. The van der Waals surface area contributed by atoms with E-state index in [0.29, 0.717) is 0 Å². The first kappa shape index (κ1) is 16.7. The van der Waals surface area contributed by atoms with Crippen molar-refractivity contribution in [2.45, 2.75) is 46.6 Å². The summed E-state index contributed by atoms with van der Waals surface area (Å²) in [7, 11) is 0. The van der Waals surface area contributed by atoms with Crippen LogP contribution in [0.3, 0.4) is 0 Å². The van der Waals surface area contributed by atoms with Crippen LogP contribution in [0.15, 0.2) is 36.1 Å². The van der Waals surface area contributed by atoms with E-state index in [9.17, 15) is 9.59 Å². The van der Waals surface area contributed by atoms with Gasteiger partial charge in [-0.2, -0.15) is 0 Å². The minimum Gasteiger partial charge on any atom is -0.450 e. The third-order valence-corrected chi connectivity index (χ3v) is 6.24. The molecule has 2 aliphatic carbocycles. The van der Waals surface area contributed by atoms with Gasteiger partial charge in [0.05, 0.1) is 6.08 Å². The van der Waals surface area contributed by atoms with Crippen molar-refractivity contribution in [2.75, 3.05) is 0 Å². The zero-order valence-electron chi connectivity index (χ0n) is 14.8.